The third-order valence-corrected chi connectivity index (χ3v) is 4.56. The summed E-state index contributed by atoms with van der Waals surface area (Å²) in [5, 5.41) is 10.5. The van der Waals surface area contributed by atoms with Crippen molar-refractivity contribution < 1.29 is 24.1 Å². The second-order valence-corrected chi connectivity index (χ2v) is 5.76. The topological polar surface area (TPSA) is 57.2 Å². The first-order chi connectivity index (χ1) is 9.66. The Morgan fingerprint density at radius 1 is 1.25 bits per heavy atom. The van der Waals surface area contributed by atoms with Crippen LogP contribution < -0.4 is 0 Å². The van der Waals surface area contributed by atoms with Gasteiger partial charge < -0.3 is 24.1 Å². The molecule has 2 aliphatic rings. The van der Waals surface area contributed by atoms with Crippen molar-refractivity contribution in [3.63, 3.8) is 0 Å². The molecule has 0 radical (unpaired) electrons. The molecule has 2 fully saturated rings. The number of methoxy groups -OCH3 is 1. The van der Waals surface area contributed by atoms with Crippen LogP contribution in [-0.2, 0) is 18.9 Å². The Morgan fingerprint density at radius 2 is 1.90 bits per heavy atom. The highest BCUT2D eigenvalue weighted by Crippen LogP contribution is 2.48. The van der Waals surface area contributed by atoms with E-state index in [1.54, 1.807) is 7.11 Å². The molecule has 0 aromatic heterocycles. The lowest BCUT2D eigenvalue weighted by Gasteiger charge is -2.45. The van der Waals surface area contributed by atoms with Crippen molar-refractivity contribution in [2.45, 2.75) is 44.0 Å². The average molecular weight is 286 g/mol. The molecule has 5 heteroatoms. The first-order valence-corrected chi connectivity index (χ1v) is 7.30. The molecular weight excluding hydrogens is 260 g/mol. The molecule has 1 spiro atoms. The van der Waals surface area contributed by atoms with Crippen LogP contribution in [0.3, 0.4) is 0 Å². The zero-order chi connectivity index (χ0) is 14.5. The highest BCUT2D eigenvalue weighted by molar-refractivity contribution is 4.98. The summed E-state index contributed by atoms with van der Waals surface area (Å²) in [7, 11) is 1.57. The van der Waals surface area contributed by atoms with E-state index in [1.165, 1.54) is 0 Å². The zero-order valence-corrected chi connectivity index (χ0v) is 12.3. The number of aliphatic hydroxyl groups is 1. The lowest BCUT2D eigenvalue weighted by Crippen LogP contribution is -2.46. The first kappa shape index (κ1) is 15.9. The summed E-state index contributed by atoms with van der Waals surface area (Å²) in [6.07, 6.45) is 5.50. The summed E-state index contributed by atoms with van der Waals surface area (Å²) in [5.74, 6) is -0.405. The lowest BCUT2D eigenvalue weighted by molar-refractivity contribution is -0.205. The molecule has 20 heavy (non-hydrogen) atoms. The minimum Gasteiger partial charge on any atom is -0.390 e. The summed E-state index contributed by atoms with van der Waals surface area (Å²) in [4.78, 5) is 0. The molecule has 0 amide bonds. The van der Waals surface area contributed by atoms with E-state index in [-0.39, 0.29) is 18.8 Å². The minimum atomic E-state index is -0.519. The van der Waals surface area contributed by atoms with Crippen molar-refractivity contribution in [2.75, 3.05) is 33.7 Å². The predicted molar refractivity (Wildman–Crippen MR) is 74.2 cm³/mol. The molecular formula is C15H26O5. The fraction of sp³-hybridized carbons (Fsp3) is 0.867. The monoisotopic (exact) mass is 286 g/mol. The molecule has 2 rings (SSSR count). The van der Waals surface area contributed by atoms with Gasteiger partial charge in [-0.3, -0.25) is 0 Å². The molecule has 1 N–H and O–H groups in total. The summed E-state index contributed by atoms with van der Waals surface area (Å²) in [6, 6.07) is 0. The van der Waals surface area contributed by atoms with E-state index in [1.807, 2.05) is 6.08 Å². The Hall–Kier alpha value is -0.460. The Balaban J connectivity index is 1.94. The molecule has 5 nitrogen and oxygen atoms in total. The minimum absolute atomic E-state index is 0.184. The van der Waals surface area contributed by atoms with Gasteiger partial charge in [-0.05, 0) is 19.3 Å². The molecule has 0 aromatic rings. The van der Waals surface area contributed by atoms with Crippen molar-refractivity contribution in [3.05, 3.63) is 12.7 Å². The molecule has 1 aliphatic carbocycles. The largest absolute Gasteiger partial charge is 0.390 e. The quantitative estimate of drug-likeness (QED) is 0.440. The van der Waals surface area contributed by atoms with Crippen LogP contribution in [-0.4, -0.2) is 50.7 Å². The molecule has 1 unspecified atom stereocenters. The van der Waals surface area contributed by atoms with Gasteiger partial charge in [0.05, 0.1) is 25.9 Å². The van der Waals surface area contributed by atoms with E-state index >= 15 is 0 Å². The number of aliphatic hydroxyl groups excluding tert-OH is 1. The van der Waals surface area contributed by atoms with Crippen LogP contribution in [0.2, 0.25) is 0 Å². The number of hydrogen-bond acceptors (Lipinski definition) is 5. The van der Waals surface area contributed by atoms with Crippen LogP contribution in [0, 0.1) is 5.41 Å². The summed E-state index contributed by atoms with van der Waals surface area (Å²) >= 11 is 0. The maximum Gasteiger partial charge on any atom is 0.168 e. The van der Waals surface area contributed by atoms with E-state index in [0.29, 0.717) is 13.2 Å². The Labute approximate surface area is 120 Å². The molecule has 0 bridgehead atoms. The normalized spacial score (nSPS) is 25.7. The van der Waals surface area contributed by atoms with Crippen LogP contribution in [0.25, 0.3) is 0 Å². The van der Waals surface area contributed by atoms with Crippen molar-refractivity contribution in [1.29, 1.82) is 0 Å². The zero-order valence-electron chi connectivity index (χ0n) is 12.3. The lowest BCUT2D eigenvalue weighted by atomic mass is 9.66. The molecule has 1 aliphatic heterocycles. The molecule has 116 valence electrons. The van der Waals surface area contributed by atoms with Crippen molar-refractivity contribution in [2.24, 2.45) is 5.41 Å². The van der Waals surface area contributed by atoms with E-state index in [9.17, 15) is 5.11 Å². The fourth-order valence-electron chi connectivity index (χ4n) is 3.30. The molecule has 1 saturated heterocycles. The van der Waals surface area contributed by atoms with E-state index in [4.69, 9.17) is 18.9 Å². The van der Waals surface area contributed by atoms with Crippen molar-refractivity contribution in [3.8, 4) is 0 Å². The van der Waals surface area contributed by atoms with Gasteiger partial charge >= 0.3 is 0 Å². The standard InChI is InChI=1S/C15H26O5/c1-3-4-14(13(16)11-18-12-17-2)5-7-15(8-6-14)19-9-10-20-15/h3,13,16H,1,4-12H2,2H3. The third kappa shape index (κ3) is 3.40. The van der Waals surface area contributed by atoms with Gasteiger partial charge in [-0.25, -0.2) is 0 Å². The molecule has 0 aromatic carbocycles. The van der Waals surface area contributed by atoms with Gasteiger partial charge in [0.15, 0.2) is 5.79 Å². The molecule has 1 saturated carbocycles. The van der Waals surface area contributed by atoms with Gasteiger partial charge in [-0.1, -0.05) is 6.08 Å². The van der Waals surface area contributed by atoms with Gasteiger partial charge in [-0.2, -0.15) is 0 Å². The van der Waals surface area contributed by atoms with Crippen molar-refractivity contribution in [1.82, 2.24) is 0 Å². The summed E-state index contributed by atoms with van der Waals surface area (Å²) in [6.45, 7) is 5.67. The van der Waals surface area contributed by atoms with E-state index < -0.39 is 11.9 Å². The summed E-state index contributed by atoms with van der Waals surface area (Å²) in [5.41, 5.74) is -0.184. The van der Waals surface area contributed by atoms with E-state index in [0.717, 1.165) is 32.1 Å². The smallest absolute Gasteiger partial charge is 0.168 e. The number of hydrogen-bond donors (Lipinski definition) is 1. The predicted octanol–water partition coefficient (Wildman–Crippen LogP) is 1.85. The Bertz CT molecular complexity index is 301. The second kappa shape index (κ2) is 7.00. The number of allylic oxidation sites excluding steroid dienone is 1. The SMILES string of the molecule is C=CCC1(C(O)COCOC)CCC2(CC1)OCCO2. The first-order valence-electron chi connectivity index (χ1n) is 7.30. The number of ether oxygens (including phenoxy) is 4. The fourth-order valence-corrected chi connectivity index (χ4v) is 3.30. The van der Waals surface area contributed by atoms with Gasteiger partial charge in [-0.15, -0.1) is 6.58 Å². The summed E-state index contributed by atoms with van der Waals surface area (Å²) < 4.78 is 21.7. The Morgan fingerprint density at radius 3 is 2.45 bits per heavy atom. The maximum absolute atomic E-state index is 10.5. The van der Waals surface area contributed by atoms with Gasteiger partial charge in [0.2, 0.25) is 0 Å². The highest BCUT2D eigenvalue weighted by atomic mass is 16.7. The van der Waals surface area contributed by atoms with Crippen LogP contribution in [0.15, 0.2) is 12.7 Å². The van der Waals surface area contributed by atoms with Gasteiger partial charge in [0.1, 0.15) is 6.79 Å². The third-order valence-electron chi connectivity index (χ3n) is 4.56. The molecule has 1 atom stereocenters. The van der Waals surface area contributed by atoms with Crippen LogP contribution in [0.1, 0.15) is 32.1 Å². The van der Waals surface area contributed by atoms with Crippen molar-refractivity contribution >= 4 is 0 Å². The number of rotatable bonds is 7. The maximum atomic E-state index is 10.5. The van der Waals surface area contributed by atoms with Gasteiger partial charge in [0.25, 0.3) is 0 Å². The Kier molecular flexibility index (Phi) is 5.57. The van der Waals surface area contributed by atoms with Crippen LogP contribution in [0.4, 0.5) is 0 Å². The second-order valence-electron chi connectivity index (χ2n) is 5.76. The van der Waals surface area contributed by atoms with Crippen LogP contribution in [0.5, 0.6) is 0 Å². The van der Waals surface area contributed by atoms with Gasteiger partial charge in [0, 0.05) is 25.4 Å². The molecule has 1 heterocycles. The highest BCUT2D eigenvalue weighted by Gasteiger charge is 2.48. The van der Waals surface area contributed by atoms with E-state index in [2.05, 4.69) is 6.58 Å². The average Bonchev–Trinajstić information content (AvgIpc) is 2.91. The van der Waals surface area contributed by atoms with Crippen LogP contribution >= 0.6 is 0 Å².